The summed E-state index contributed by atoms with van der Waals surface area (Å²) in [5.41, 5.74) is 1.30. The van der Waals surface area contributed by atoms with Gasteiger partial charge in [0.15, 0.2) is 0 Å². The molecule has 118 valence electrons. The predicted molar refractivity (Wildman–Crippen MR) is 86.5 cm³/mol. The molecule has 0 radical (unpaired) electrons. The van der Waals surface area contributed by atoms with Crippen LogP contribution >= 0.6 is 15.9 Å². The molecule has 1 saturated heterocycles. The van der Waals surface area contributed by atoms with Gasteiger partial charge in [-0.1, -0.05) is 29.8 Å². The van der Waals surface area contributed by atoms with Crippen LogP contribution in [0.2, 0.25) is 0 Å². The zero-order valence-corrected chi connectivity index (χ0v) is 15.0. The Morgan fingerprint density at radius 2 is 2.10 bits per heavy atom. The number of hydrogen-bond donors (Lipinski definition) is 1. The summed E-state index contributed by atoms with van der Waals surface area (Å²) in [7, 11) is -3.50. The number of aliphatic hydroxyl groups excluding tert-OH is 1. The van der Waals surface area contributed by atoms with Crippen molar-refractivity contribution < 1.29 is 13.5 Å². The Morgan fingerprint density at radius 1 is 1.43 bits per heavy atom. The fourth-order valence-electron chi connectivity index (χ4n) is 2.72. The molecule has 1 fully saturated rings. The van der Waals surface area contributed by atoms with Gasteiger partial charge >= 0.3 is 0 Å². The van der Waals surface area contributed by atoms with E-state index in [1.165, 1.54) is 0 Å². The summed E-state index contributed by atoms with van der Waals surface area (Å²) < 4.78 is 28.0. The number of halogens is 1. The maximum Gasteiger partial charge on any atom is 0.243 e. The molecule has 0 aromatic heterocycles. The minimum Gasteiger partial charge on any atom is -0.392 e. The molecule has 1 atom stereocenters. The van der Waals surface area contributed by atoms with Crippen molar-refractivity contribution in [1.82, 2.24) is 4.31 Å². The molecule has 0 saturated carbocycles. The summed E-state index contributed by atoms with van der Waals surface area (Å²) >= 11 is 3.38. The third-order valence-corrected chi connectivity index (χ3v) is 7.10. The minimum absolute atomic E-state index is 0.171. The van der Waals surface area contributed by atoms with Crippen LogP contribution in [0.4, 0.5) is 0 Å². The average molecular weight is 376 g/mol. The van der Waals surface area contributed by atoms with Crippen LogP contribution in [0.15, 0.2) is 21.5 Å². The molecule has 1 heterocycles. The molecule has 4 nitrogen and oxygen atoms in total. The van der Waals surface area contributed by atoms with Crippen LogP contribution in [0.5, 0.6) is 0 Å². The van der Waals surface area contributed by atoms with E-state index in [9.17, 15) is 13.5 Å². The molecular weight excluding hydrogens is 354 g/mol. The Labute approximate surface area is 135 Å². The van der Waals surface area contributed by atoms with Crippen molar-refractivity contribution in [3.63, 3.8) is 0 Å². The van der Waals surface area contributed by atoms with Crippen molar-refractivity contribution in [2.75, 3.05) is 13.1 Å². The van der Waals surface area contributed by atoms with E-state index in [-0.39, 0.29) is 6.61 Å². The molecule has 1 N–H and O–H groups in total. The third kappa shape index (κ3) is 3.33. The van der Waals surface area contributed by atoms with Crippen LogP contribution in [0.25, 0.3) is 0 Å². The maximum absolute atomic E-state index is 12.9. The van der Waals surface area contributed by atoms with E-state index >= 15 is 0 Å². The monoisotopic (exact) mass is 375 g/mol. The summed E-state index contributed by atoms with van der Waals surface area (Å²) in [6.07, 6.45) is 0.913. The van der Waals surface area contributed by atoms with Crippen LogP contribution in [-0.4, -0.2) is 30.9 Å². The first-order chi connectivity index (χ1) is 9.77. The van der Waals surface area contributed by atoms with Crippen LogP contribution < -0.4 is 0 Å². The van der Waals surface area contributed by atoms with Gasteiger partial charge in [-0.25, -0.2) is 8.42 Å². The fraction of sp³-hybridized carbons (Fsp3) is 0.600. The zero-order chi connectivity index (χ0) is 15.8. The average Bonchev–Trinajstić information content (AvgIpc) is 2.92. The molecule has 21 heavy (non-hydrogen) atoms. The van der Waals surface area contributed by atoms with Gasteiger partial charge in [0.2, 0.25) is 10.0 Å². The predicted octanol–water partition coefficient (Wildman–Crippen LogP) is 2.92. The lowest BCUT2D eigenvalue weighted by Gasteiger charge is -2.20. The first-order valence-corrected chi connectivity index (χ1v) is 9.40. The molecule has 1 aromatic carbocycles. The van der Waals surface area contributed by atoms with E-state index in [0.29, 0.717) is 45.4 Å². The molecule has 2 rings (SSSR count). The van der Waals surface area contributed by atoms with Crippen LogP contribution in [0.1, 0.15) is 31.4 Å². The van der Waals surface area contributed by atoms with Crippen molar-refractivity contribution in [1.29, 1.82) is 0 Å². The molecule has 0 aliphatic carbocycles. The summed E-state index contributed by atoms with van der Waals surface area (Å²) in [6, 6.07) is 3.34. The lowest BCUT2D eigenvalue weighted by Crippen LogP contribution is -2.30. The second-order valence-corrected chi connectivity index (χ2v) is 8.78. The molecule has 1 aromatic rings. The zero-order valence-electron chi connectivity index (χ0n) is 12.6. The van der Waals surface area contributed by atoms with Gasteiger partial charge in [-0.15, -0.1) is 0 Å². The van der Waals surface area contributed by atoms with Crippen LogP contribution in [-0.2, 0) is 16.6 Å². The minimum atomic E-state index is -3.50. The summed E-state index contributed by atoms with van der Waals surface area (Å²) in [5, 5.41) is 9.29. The van der Waals surface area contributed by atoms with E-state index in [1.807, 2.05) is 0 Å². The van der Waals surface area contributed by atoms with Gasteiger partial charge in [-0.3, -0.25) is 0 Å². The topological polar surface area (TPSA) is 57.6 Å². The molecule has 1 aliphatic rings. The largest absolute Gasteiger partial charge is 0.392 e. The number of sulfonamides is 1. The molecule has 0 bridgehead atoms. The summed E-state index contributed by atoms with van der Waals surface area (Å²) in [4.78, 5) is 0.297. The highest BCUT2D eigenvalue weighted by Crippen LogP contribution is 2.32. The van der Waals surface area contributed by atoms with Crippen molar-refractivity contribution in [2.24, 2.45) is 11.8 Å². The Hall–Kier alpha value is -0.430. The SMILES string of the molecule is Cc1c(Br)cc(CO)cc1S(=O)(=O)N1CCC(C(C)C)C1. The van der Waals surface area contributed by atoms with Gasteiger partial charge in [0.1, 0.15) is 0 Å². The van der Waals surface area contributed by atoms with Crippen LogP contribution in [0, 0.1) is 18.8 Å². The van der Waals surface area contributed by atoms with Crippen molar-refractivity contribution in [3.05, 3.63) is 27.7 Å². The first kappa shape index (κ1) is 16.9. The highest BCUT2D eigenvalue weighted by Gasteiger charge is 2.34. The van der Waals surface area contributed by atoms with Gasteiger partial charge in [-0.2, -0.15) is 4.31 Å². The van der Waals surface area contributed by atoms with Gasteiger partial charge < -0.3 is 5.11 Å². The molecular formula is C15H22BrNO3S. The molecule has 1 aliphatic heterocycles. The molecule has 0 amide bonds. The number of aliphatic hydroxyl groups is 1. The van der Waals surface area contributed by atoms with Gasteiger partial charge in [0.25, 0.3) is 0 Å². The van der Waals surface area contributed by atoms with Crippen molar-refractivity contribution >= 4 is 26.0 Å². The second-order valence-electron chi connectivity index (χ2n) is 6.01. The Bertz CT molecular complexity index is 628. The van der Waals surface area contributed by atoms with E-state index in [0.717, 1.165) is 6.42 Å². The quantitative estimate of drug-likeness (QED) is 0.879. The van der Waals surface area contributed by atoms with E-state index in [4.69, 9.17) is 0 Å². The van der Waals surface area contributed by atoms with Gasteiger partial charge in [0, 0.05) is 17.6 Å². The summed E-state index contributed by atoms with van der Waals surface area (Å²) in [6.45, 7) is 7.04. The number of rotatable bonds is 4. The Balaban J connectivity index is 2.39. The number of nitrogens with zero attached hydrogens (tertiary/aromatic N) is 1. The smallest absolute Gasteiger partial charge is 0.243 e. The normalized spacial score (nSPS) is 20.4. The third-order valence-electron chi connectivity index (χ3n) is 4.29. The van der Waals surface area contributed by atoms with E-state index in [2.05, 4.69) is 29.8 Å². The Kier molecular flexibility index (Phi) is 5.13. The van der Waals surface area contributed by atoms with E-state index in [1.54, 1.807) is 23.4 Å². The first-order valence-electron chi connectivity index (χ1n) is 7.17. The molecule has 1 unspecified atom stereocenters. The van der Waals surface area contributed by atoms with Crippen LogP contribution in [0.3, 0.4) is 0 Å². The fourth-order valence-corrected chi connectivity index (χ4v) is 5.17. The highest BCUT2D eigenvalue weighted by molar-refractivity contribution is 9.10. The molecule has 0 spiro atoms. The van der Waals surface area contributed by atoms with Crippen molar-refractivity contribution in [2.45, 2.75) is 38.7 Å². The lowest BCUT2D eigenvalue weighted by molar-refractivity contribution is 0.281. The lowest BCUT2D eigenvalue weighted by atomic mass is 9.96. The Morgan fingerprint density at radius 3 is 2.62 bits per heavy atom. The highest BCUT2D eigenvalue weighted by atomic mass is 79.9. The van der Waals surface area contributed by atoms with Gasteiger partial charge in [0.05, 0.1) is 11.5 Å². The second kappa shape index (κ2) is 6.36. The standard InChI is InChI=1S/C15H22BrNO3S/c1-10(2)13-4-5-17(8-13)21(19,20)15-7-12(9-18)6-14(16)11(15)3/h6-7,10,13,18H,4-5,8-9H2,1-3H3. The molecule has 6 heteroatoms. The summed E-state index contributed by atoms with van der Waals surface area (Å²) in [5.74, 6) is 0.909. The maximum atomic E-state index is 12.9. The van der Waals surface area contributed by atoms with Crippen molar-refractivity contribution in [3.8, 4) is 0 Å². The van der Waals surface area contributed by atoms with E-state index < -0.39 is 10.0 Å². The number of hydrogen-bond acceptors (Lipinski definition) is 3. The van der Waals surface area contributed by atoms with Gasteiger partial charge in [-0.05, 0) is 48.4 Å². The number of benzene rings is 1.